The topological polar surface area (TPSA) is 307 Å². The molecule has 17 unspecified atom stereocenters. The SMILES string of the molecule is CC/C=C\C/C=C\C/C=C\C/C=C\C/C=C\C/C=C\C/C=C\C/C=C\C/C=C\CCCCCCCCCC(=O)NC(COC1OC(CO)C(OC2OC(CO)C(OC3OC(CO)C(O)C(O)C3O)C(O)C2O)C(O)C1O)C(O)/C=C/CCCCCCCCCCCCCCCCCCCCCCCCCCC. The molecule has 0 saturated carbocycles. The molecule has 3 saturated heterocycles. The van der Waals surface area contributed by atoms with Crippen LogP contribution >= 0.6 is 0 Å². The first kappa shape index (κ1) is 97.4. The molecule has 3 rings (SSSR count). The third kappa shape index (κ3) is 46.1. The number of carbonyl (C=O) groups is 1. The van der Waals surface area contributed by atoms with Crippen molar-refractivity contribution in [1.82, 2.24) is 5.32 Å². The number of unbranched alkanes of at least 4 members (excludes halogenated alkanes) is 32. The van der Waals surface area contributed by atoms with Gasteiger partial charge in [-0.1, -0.05) is 322 Å². The summed E-state index contributed by atoms with van der Waals surface area (Å²) in [4.78, 5) is 13.5. The molecule has 0 aromatic heterocycles. The van der Waals surface area contributed by atoms with Gasteiger partial charge in [-0.3, -0.25) is 4.79 Å². The van der Waals surface area contributed by atoms with Gasteiger partial charge in [0.1, 0.15) is 73.2 Å². The smallest absolute Gasteiger partial charge is 0.220 e. The van der Waals surface area contributed by atoms with E-state index >= 15 is 0 Å². The Labute approximate surface area is 646 Å². The molecule has 0 aliphatic carbocycles. The summed E-state index contributed by atoms with van der Waals surface area (Å²) < 4.78 is 34.5. The number of ether oxygens (including phenoxy) is 6. The van der Waals surface area contributed by atoms with Gasteiger partial charge in [-0.2, -0.15) is 0 Å². The first-order valence-corrected chi connectivity index (χ1v) is 42.3. The Hall–Kier alpha value is -3.81. The largest absolute Gasteiger partial charge is 0.394 e. The van der Waals surface area contributed by atoms with Crippen LogP contribution in [0.5, 0.6) is 0 Å². The highest BCUT2D eigenvalue weighted by Gasteiger charge is 2.54. The Morgan fingerprint density at radius 1 is 0.346 bits per heavy atom. The van der Waals surface area contributed by atoms with Crippen molar-refractivity contribution in [1.29, 1.82) is 0 Å². The van der Waals surface area contributed by atoms with Crippen LogP contribution in [0.3, 0.4) is 0 Å². The van der Waals surface area contributed by atoms with Crippen LogP contribution in [0.15, 0.2) is 122 Å². The minimum Gasteiger partial charge on any atom is -0.394 e. The Bertz CT molecular complexity index is 2410. The second-order valence-corrected chi connectivity index (χ2v) is 29.6. The van der Waals surface area contributed by atoms with Crippen LogP contribution in [0.2, 0.25) is 0 Å². The first-order chi connectivity index (χ1) is 52.3. The fourth-order valence-corrected chi connectivity index (χ4v) is 13.5. The molecule has 0 radical (unpaired) electrons. The maximum absolute atomic E-state index is 13.5. The Kier molecular flexibility index (Phi) is 60.8. The number of allylic oxidation sites excluding steroid dienone is 19. The van der Waals surface area contributed by atoms with Gasteiger partial charge >= 0.3 is 0 Å². The summed E-state index contributed by atoms with van der Waals surface area (Å²) in [6, 6.07) is -0.990. The van der Waals surface area contributed by atoms with E-state index in [1.165, 1.54) is 141 Å². The molecule has 0 bridgehead atoms. The number of hydrogen-bond acceptors (Lipinski definition) is 18. The molecule has 616 valence electrons. The lowest BCUT2D eigenvalue weighted by Gasteiger charge is -2.48. The Morgan fingerprint density at radius 2 is 0.645 bits per heavy atom. The molecular weight excluding hydrogens is 1360 g/mol. The fraction of sp³-hybridized carbons (Fsp3) is 0.761. The van der Waals surface area contributed by atoms with E-state index in [0.717, 1.165) is 128 Å². The average molecular weight is 1510 g/mol. The molecule has 3 aliphatic heterocycles. The molecule has 0 aromatic rings. The normalized spacial score (nSPS) is 26.2. The fourth-order valence-electron chi connectivity index (χ4n) is 13.5. The predicted molar refractivity (Wildman–Crippen MR) is 429 cm³/mol. The number of rotatable bonds is 66. The third-order valence-electron chi connectivity index (χ3n) is 20.3. The maximum atomic E-state index is 13.5. The lowest BCUT2D eigenvalue weighted by molar-refractivity contribution is -0.379. The van der Waals surface area contributed by atoms with Crippen LogP contribution in [-0.4, -0.2) is 193 Å². The molecule has 0 spiro atoms. The van der Waals surface area contributed by atoms with Crippen LogP contribution in [-0.2, 0) is 33.2 Å². The van der Waals surface area contributed by atoms with Gasteiger partial charge in [-0.15, -0.1) is 0 Å². The van der Waals surface area contributed by atoms with Crippen molar-refractivity contribution in [2.45, 2.75) is 401 Å². The highest BCUT2D eigenvalue weighted by atomic mass is 16.8. The van der Waals surface area contributed by atoms with E-state index < -0.39 is 124 Å². The van der Waals surface area contributed by atoms with E-state index in [1.54, 1.807) is 6.08 Å². The van der Waals surface area contributed by atoms with Crippen molar-refractivity contribution >= 4 is 5.91 Å². The van der Waals surface area contributed by atoms with Crippen molar-refractivity contribution in [3.05, 3.63) is 122 Å². The van der Waals surface area contributed by atoms with E-state index in [2.05, 4.69) is 129 Å². The van der Waals surface area contributed by atoms with Gasteiger partial charge in [-0.25, -0.2) is 0 Å². The Morgan fingerprint density at radius 3 is 1.01 bits per heavy atom. The number of nitrogens with one attached hydrogen (secondary N) is 1. The van der Waals surface area contributed by atoms with Crippen LogP contribution in [0.1, 0.15) is 296 Å². The van der Waals surface area contributed by atoms with Crippen LogP contribution in [0, 0.1) is 0 Å². The van der Waals surface area contributed by atoms with E-state index in [9.17, 15) is 61.0 Å². The van der Waals surface area contributed by atoms with Crippen LogP contribution in [0.25, 0.3) is 0 Å². The van der Waals surface area contributed by atoms with Gasteiger partial charge in [0.05, 0.1) is 38.6 Å². The lowest BCUT2D eigenvalue weighted by Crippen LogP contribution is -2.66. The molecule has 3 fully saturated rings. The molecule has 3 aliphatic rings. The number of carbonyl (C=O) groups excluding carboxylic acids is 1. The summed E-state index contributed by atoms with van der Waals surface area (Å²) in [5.74, 6) is -0.289. The van der Waals surface area contributed by atoms with E-state index in [0.29, 0.717) is 6.42 Å². The first-order valence-electron chi connectivity index (χ1n) is 42.3. The van der Waals surface area contributed by atoms with Crippen molar-refractivity contribution in [2.75, 3.05) is 26.4 Å². The molecule has 1 amide bonds. The quantitative estimate of drug-likeness (QED) is 0.0199. The van der Waals surface area contributed by atoms with Crippen LogP contribution < -0.4 is 5.32 Å². The average Bonchev–Trinajstić information content (AvgIpc) is 0.781. The predicted octanol–water partition coefficient (Wildman–Crippen LogP) is 15.1. The van der Waals surface area contributed by atoms with Gasteiger partial charge < -0.3 is 89.9 Å². The molecule has 3 heterocycles. The molecule has 19 heteroatoms. The monoisotopic (exact) mass is 1510 g/mol. The molecule has 107 heavy (non-hydrogen) atoms. The standard InChI is InChI=1S/C88H151NO18/c1-3-5-7-9-11-13-15-17-19-21-23-25-27-29-31-32-33-34-35-36-37-38-40-42-44-46-48-50-52-54-56-58-60-62-64-66-76(94)89-71(72(93)65-63-61-59-57-55-53-51-49-47-45-43-41-39-30-28-26-24-22-20-18-16-14-12-10-8-6-4-2)70-102-86-82(100)79(97)84(74(68-91)104-86)107-88-83(101)80(98)85(75(69-92)105-88)106-87-81(99)78(96)77(95)73(67-90)103-87/h5,7,11,13,17,19,23,25,29,31,33-34,36-37,40,42,46,48,63,65,71-75,77-88,90-93,95-101H,3-4,6,8-10,12,14-16,18,20-22,24,26-28,30,32,35,38-39,41,43-45,47,49-62,64,66-70H2,1-2H3,(H,89,94)/b7-5-,13-11-,19-17-,25-23-,31-29-,34-33-,37-36-,42-40-,48-46-,65-63+. The summed E-state index contributed by atoms with van der Waals surface area (Å²) in [5.41, 5.74) is 0. The van der Waals surface area contributed by atoms with Crippen molar-refractivity contribution in [3.8, 4) is 0 Å². The molecule has 12 N–H and O–H groups in total. The zero-order chi connectivity index (χ0) is 77.4. The van der Waals surface area contributed by atoms with E-state index in [-0.39, 0.29) is 18.9 Å². The minimum absolute atomic E-state index is 0.223. The number of amides is 1. The molecule has 0 aromatic carbocycles. The van der Waals surface area contributed by atoms with Crippen LogP contribution in [0.4, 0.5) is 0 Å². The second-order valence-electron chi connectivity index (χ2n) is 29.6. The summed E-state index contributed by atoms with van der Waals surface area (Å²) in [7, 11) is 0. The second kappa shape index (κ2) is 66.8. The molecule has 17 atom stereocenters. The zero-order valence-corrected chi connectivity index (χ0v) is 66.1. The number of aliphatic hydroxyl groups excluding tert-OH is 11. The molecular formula is C88H151NO18. The highest BCUT2D eigenvalue weighted by Crippen LogP contribution is 2.33. The minimum atomic E-state index is -1.99. The highest BCUT2D eigenvalue weighted by molar-refractivity contribution is 5.76. The maximum Gasteiger partial charge on any atom is 0.220 e. The van der Waals surface area contributed by atoms with Gasteiger partial charge in [0.2, 0.25) is 5.91 Å². The zero-order valence-electron chi connectivity index (χ0n) is 66.1. The third-order valence-corrected chi connectivity index (χ3v) is 20.3. The van der Waals surface area contributed by atoms with Gasteiger partial charge in [0, 0.05) is 6.42 Å². The lowest BCUT2D eigenvalue weighted by atomic mass is 9.96. The van der Waals surface area contributed by atoms with Crippen molar-refractivity contribution in [2.24, 2.45) is 0 Å². The van der Waals surface area contributed by atoms with E-state index in [1.807, 2.05) is 6.08 Å². The summed E-state index contributed by atoms with van der Waals surface area (Å²) >= 11 is 0. The van der Waals surface area contributed by atoms with Crippen molar-refractivity contribution < 1.29 is 89.4 Å². The van der Waals surface area contributed by atoms with Gasteiger partial charge in [-0.05, 0) is 89.9 Å². The number of aliphatic hydroxyl groups is 11. The molecule has 19 nitrogen and oxygen atoms in total. The van der Waals surface area contributed by atoms with E-state index in [4.69, 9.17) is 28.4 Å². The van der Waals surface area contributed by atoms with Gasteiger partial charge in [0.25, 0.3) is 0 Å². The Balaban J connectivity index is 1.37. The number of hydrogen-bond donors (Lipinski definition) is 12. The van der Waals surface area contributed by atoms with Crippen molar-refractivity contribution in [3.63, 3.8) is 0 Å². The van der Waals surface area contributed by atoms with Gasteiger partial charge in [0.15, 0.2) is 18.9 Å². The summed E-state index contributed by atoms with van der Waals surface area (Å²) in [6.07, 6.45) is 67.5. The summed E-state index contributed by atoms with van der Waals surface area (Å²) in [6.45, 7) is 1.64. The summed E-state index contributed by atoms with van der Waals surface area (Å²) in [5, 5.41) is 121.